The van der Waals surface area contributed by atoms with Crippen molar-refractivity contribution in [2.24, 2.45) is 0 Å². The molecule has 3 aromatic rings. The van der Waals surface area contributed by atoms with Gasteiger partial charge in [0.2, 0.25) is 5.91 Å². The summed E-state index contributed by atoms with van der Waals surface area (Å²) in [6.07, 6.45) is 0. The zero-order valence-corrected chi connectivity index (χ0v) is 18.6. The lowest BCUT2D eigenvalue weighted by atomic mass is 10.1. The summed E-state index contributed by atoms with van der Waals surface area (Å²) in [5, 5.41) is 5.29. The van der Waals surface area contributed by atoms with Crippen LogP contribution in [0.3, 0.4) is 0 Å². The van der Waals surface area contributed by atoms with Crippen molar-refractivity contribution in [3.8, 4) is 5.75 Å². The van der Waals surface area contributed by atoms with Crippen molar-refractivity contribution in [1.82, 2.24) is 0 Å². The van der Waals surface area contributed by atoms with Crippen molar-refractivity contribution < 1.29 is 19.1 Å². The van der Waals surface area contributed by atoms with E-state index in [2.05, 4.69) is 10.6 Å². The molecule has 0 spiro atoms. The van der Waals surface area contributed by atoms with E-state index in [1.807, 2.05) is 43.3 Å². The quantitative estimate of drug-likeness (QED) is 0.354. The van der Waals surface area contributed by atoms with Gasteiger partial charge in [-0.3, -0.25) is 14.4 Å². The number of hydrogen-bond acceptors (Lipinski definition) is 5. The first-order valence-corrected chi connectivity index (χ1v) is 10.9. The van der Waals surface area contributed by atoms with Gasteiger partial charge in [-0.05, 0) is 68.4 Å². The number of ether oxygens (including phenoxy) is 1. The summed E-state index contributed by atoms with van der Waals surface area (Å²) in [5.74, 6) is 0.181. The van der Waals surface area contributed by atoms with Crippen LogP contribution in [-0.4, -0.2) is 29.5 Å². The number of amides is 2. The number of ketones is 1. The number of anilines is 2. The van der Waals surface area contributed by atoms with Crippen LogP contribution in [0.5, 0.6) is 5.75 Å². The second-order valence-corrected chi connectivity index (χ2v) is 8.47. The van der Waals surface area contributed by atoms with Gasteiger partial charge in [0.05, 0.1) is 5.25 Å². The van der Waals surface area contributed by atoms with Crippen LogP contribution in [0.2, 0.25) is 0 Å². The van der Waals surface area contributed by atoms with Gasteiger partial charge < -0.3 is 15.4 Å². The fraction of sp³-hybridized carbons (Fsp3) is 0.160. The lowest BCUT2D eigenvalue weighted by Crippen LogP contribution is -2.22. The average Bonchev–Trinajstić information content (AvgIpc) is 2.79. The molecule has 0 saturated heterocycles. The molecule has 1 unspecified atom stereocenters. The van der Waals surface area contributed by atoms with Gasteiger partial charge in [-0.2, -0.15) is 0 Å². The summed E-state index contributed by atoms with van der Waals surface area (Å²) < 4.78 is 5.45. The molecule has 164 valence electrons. The Bertz CT molecular complexity index is 1080. The molecule has 2 amide bonds. The summed E-state index contributed by atoms with van der Waals surface area (Å²) in [4.78, 5) is 36.9. The van der Waals surface area contributed by atoms with E-state index >= 15 is 0 Å². The van der Waals surface area contributed by atoms with Crippen LogP contribution in [0.25, 0.3) is 0 Å². The third-order valence-corrected chi connectivity index (χ3v) is 5.57. The number of nitrogens with one attached hydrogen (secondary N) is 2. The molecule has 0 heterocycles. The maximum absolute atomic E-state index is 12.5. The van der Waals surface area contributed by atoms with Crippen molar-refractivity contribution in [2.75, 3.05) is 17.2 Å². The molecule has 0 bridgehead atoms. The standard InChI is InChI=1S/C25H24N2O4S/c1-17(28)19-11-13-20(14-12-19)27-25(30)18(2)32-23-10-6-7-21(15-23)26-24(29)16-31-22-8-4-3-5-9-22/h3-15,18H,16H2,1-2H3,(H,26,29)(H,27,30). The fourth-order valence-corrected chi connectivity index (χ4v) is 3.73. The van der Waals surface area contributed by atoms with Crippen molar-refractivity contribution in [3.05, 3.63) is 84.4 Å². The SMILES string of the molecule is CC(=O)c1ccc(NC(=O)C(C)Sc2cccc(NC(=O)COc3ccccc3)c2)cc1. The summed E-state index contributed by atoms with van der Waals surface area (Å²) in [5.41, 5.74) is 1.86. The maximum Gasteiger partial charge on any atom is 0.262 e. The first-order valence-electron chi connectivity index (χ1n) is 10.1. The third kappa shape index (κ3) is 6.99. The van der Waals surface area contributed by atoms with Crippen LogP contribution in [0, 0.1) is 0 Å². The predicted octanol–water partition coefficient (Wildman–Crippen LogP) is 5.03. The van der Waals surface area contributed by atoms with Gasteiger partial charge >= 0.3 is 0 Å². The minimum absolute atomic E-state index is 0.0228. The Morgan fingerprint density at radius 3 is 2.28 bits per heavy atom. The van der Waals surface area contributed by atoms with E-state index in [1.54, 1.807) is 42.5 Å². The van der Waals surface area contributed by atoms with Crippen LogP contribution in [0.15, 0.2) is 83.8 Å². The minimum atomic E-state index is -0.366. The number of carbonyl (C=O) groups excluding carboxylic acids is 3. The predicted molar refractivity (Wildman–Crippen MR) is 127 cm³/mol. The summed E-state index contributed by atoms with van der Waals surface area (Å²) in [6, 6.07) is 23.2. The third-order valence-electron chi connectivity index (χ3n) is 4.47. The number of rotatable bonds is 9. The first kappa shape index (κ1) is 23.1. The van der Waals surface area contributed by atoms with Gasteiger partial charge in [0, 0.05) is 21.8 Å². The number of thioether (sulfide) groups is 1. The molecule has 32 heavy (non-hydrogen) atoms. The molecule has 6 nitrogen and oxygen atoms in total. The molecule has 1 atom stereocenters. The van der Waals surface area contributed by atoms with E-state index in [1.165, 1.54) is 18.7 Å². The molecule has 0 fully saturated rings. The highest BCUT2D eigenvalue weighted by Gasteiger charge is 2.15. The molecule has 0 aliphatic heterocycles. The zero-order valence-electron chi connectivity index (χ0n) is 17.8. The molecule has 0 radical (unpaired) electrons. The van der Waals surface area contributed by atoms with Crippen molar-refractivity contribution in [2.45, 2.75) is 24.0 Å². The lowest BCUT2D eigenvalue weighted by molar-refractivity contribution is -0.118. The molecule has 0 saturated carbocycles. The number of carbonyl (C=O) groups is 3. The van der Waals surface area contributed by atoms with Gasteiger partial charge in [0.1, 0.15) is 5.75 Å². The Labute approximate surface area is 191 Å². The van der Waals surface area contributed by atoms with E-state index in [4.69, 9.17) is 4.74 Å². The van der Waals surface area contributed by atoms with Crippen molar-refractivity contribution in [1.29, 1.82) is 0 Å². The number of benzene rings is 3. The van der Waals surface area contributed by atoms with Gasteiger partial charge in [-0.25, -0.2) is 0 Å². The summed E-state index contributed by atoms with van der Waals surface area (Å²) in [7, 11) is 0. The highest BCUT2D eigenvalue weighted by molar-refractivity contribution is 8.00. The minimum Gasteiger partial charge on any atom is -0.484 e. The van der Waals surface area contributed by atoms with E-state index in [9.17, 15) is 14.4 Å². The Hall–Kier alpha value is -3.58. The largest absolute Gasteiger partial charge is 0.484 e. The van der Waals surface area contributed by atoms with E-state index in [-0.39, 0.29) is 29.5 Å². The fourth-order valence-electron chi connectivity index (χ4n) is 2.80. The highest BCUT2D eigenvalue weighted by Crippen LogP contribution is 2.26. The van der Waals surface area contributed by atoms with E-state index < -0.39 is 0 Å². The van der Waals surface area contributed by atoms with E-state index in [0.29, 0.717) is 22.7 Å². The average molecular weight is 449 g/mol. The Morgan fingerprint density at radius 1 is 0.875 bits per heavy atom. The molecule has 0 aromatic heterocycles. The van der Waals surface area contributed by atoms with Gasteiger partial charge in [-0.1, -0.05) is 24.3 Å². The summed E-state index contributed by atoms with van der Waals surface area (Å²) in [6.45, 7) is 3.21. The van der Waals surface area contributed by atoms with E-state index in [0.717, 1.165) is 4.90 Å². The number of Topliss-reactive ketones (excluding diaryl/α,β-unsaturated/α-hetero) is 1. The number of hydrogen-bond donors (Lipinski definition) is 2. The van der Waals surface area contributed by atoms with Crippen LogP contribution in [0.1, 0.15) is 24.2 Å². The molecule has 3 rings (SSSR count). The van der Waals surface area contributed by atoms with Crippen LogP contribution in [-0.2, 0) is 9.59 Å². The monoisotopic (exact) mass is 448 g/mol. The van der Waals surface area contributed by atoms with Gasteiger partial charge in [0.15, 0.2) is 12.4 Å². The highest BCUT2D eigenvalue weighted by atomic mass is 32.2. The molecule has 7 heteroatoms. The molecule has 0 aliphatic rings. The Balaban J connectivity index is 1.52. The second kappa shape index (κ2) is 11.2. The first-order chi connectivity index (χ1) is 15.4. The lowest BCUT2D eigenvalue weighted by Gasteiger charge is -2.13. The molecule has 0 aliphatic carbocycles. The van der Waals surface area contributed by atoms with Crippen LogP contribution in [0.4, 0.5) is 11.4 Å². The zero-order chi connectivity index (χ0) is 22.9. The summed E-state index contributed by atoms with van der Waals surface area (Å²) >= 11 is 1.38. The van der Waals surface area contributed by atoms with Crippen molar-refractivity contribution >= 4 is 40.7 Å². The molecule has 2 N–H and O–H groups in total. The molecule has 3 aromatic carbocycles. The van der Waals surface area contributed by atoms with Crippen LogP contribution < -0.4 is 15.4 Å². The van der Waals surface area contributed by atoms with Crippen LogP contribution >= 0.6 is 11.8 Å². The normalized spacial score (nSPS) is 11.3. The van der Waals surface area contributed by atoms with Gasteiger partial charge in [0.25, 0.3) is 5.91 Å². The second-order valence-electron chi connectivity index (χ2n) is 7.06. The number of para-hydroxylation sites is 1. The molecular weight excluding hydrogens is 424 g/mol. The molecular formula is C25H24N2O4S. The topological polar surface area (TPSA) is 84.5 Å². The maximum atomic E-state index is 12.5. The smallest absolute Gasteiger partial charge is 0.262 e. The van der Waals surface area contributed by atoms with Gasteiger partial charge in [-0.15, -0.1) is 11.8 Å². The Kier molecular flexibility index (Phi) is 8.05. The van der Waals surface area contributed by atoms with Crippen molar-refractivity contribution in [3.63, 3.8) is 0 Å². The Morgan fingerprint density at radius 2 is 1.59 bits per heavy atom.